The van der Waals surface area contributed by atoms with E-state index in [1.165, 1.54) is 38.5 Å². The summed E-state index contributed by atoms with van der Waals surface area (Å²) in [7, 11) is 0. The van der Waals surface area contributed by atoms with Gasteiger partial charge in [0.25, 0.3) is 0 Å². The number of nitrogens with two attached hydrogens (primary N) is 1. The van der Waals surface area contributed by atoms with Crippen molar-refractivity contribution in [3.05, 3.63) is 11.6 Å². The van der Waals surface area contributed by atoms with Crippen LogP contribution in [-0.4, -0.2) is 6.54 Å². The maximum atomic E-state index is 5.51. The van der Waals surface area contributed by atoms with E-state index in [2.05, 4.69) is 6.08 Å². The number of hydrogen-bond acceptors (Lipinski definition) is 1. The van der Waals surface area contributed by atoms with Crippen LogP contribution in [0, 0.1) is 11.8 Å². The van der Waals surface area contributed by atoms with Crippen molar-refractivity contribution >= 4 is 0 Å². The summed E-state index contributed by atoms with van der Waals surface area (Å²) in [5, 5.41) is 0. The second-order valence-corrected chi connectivity index (χ2v) is 4.63. The topological polar surface area (TPSA) is 26.0 Å². The van der Waals surface area contributed by atoms with Crippen LogP contribution in [0.4, 0.5) is 0 Å². The maximum absolute atomic E-state index is 5.51. The summed E-state index contributed by atoms with van der Waals surface area (Å²) in [4.78, 5) is 0. The van der Waals surface area contributed by atoms with Gasteiger partial charge in [-0.1, -0.05) is 11.6 Å². The lowest BCUT2D eigenvalue weighted by Crippen LogP contribution is -2.10. The second-order valence-electron chi connectivity index (χ2n) is 4.63. The predicted octanol–water partition coefficient (Wildman–Crippen LogP) is 2.86. The molecule has 0 amide bonds. The van der Waals surface area contributed by atoms with Crippen molar-refractivity contribution in [3.63, 3.8) is 0 Å². The fraction of sp³-hybridized carbons (Fsp3) is 0.833. The van der Waals surface area contributed by atoms with Gasteiger partial charge >= 0.3 is 0 Å². The molecule has 0 bridgehead atoms. The molecule has 2 saturated carbocycles. The normalized spacial score (nSPS) is 32.4. The molecule has 2 N–H and O–H groups in total. The van der Waals surface area contributed by atoms with Crippen molar-refractivity contribution in [2.45, 2.75) is 44.9 Å². The van der Waals surface area contributed by atoms with E-state index in [9.17, 15) is 0 Å². The minimum Gasteiger partial charge on any atom is -0.330 e. The summed E-state index contributed by atoms with van der Waals surface area (Å²) >= 11 is 0. The molecule has 2 fully saturated rings. The monoisotopic (exact) mass is 179 g/mol. The minimum absolute atomic E-state index is 0.817. The van der Waals surface area contributed by atoms with Crippen LogP contribution in [0.15, 0.2) is 11.6 Å². The van der Waals surface area contributed by atoms with Gasteiger partial charge in [0.1, 0.15) is 0 Å². The third-order valence-corrected chi connectivity index (χ3v) is 3.49. The zero-order valence-electron chi connectivity index (χ0n) is 8.47. The molecule has 1 nitrogen and oxygen atoms in total. The highest BCUT2D eigenvalue weighted by Crippen LogP contribution is 2.45. The molecule has 0 aromatic heterocycles. The Kier molecular flexibility index (Phi) is 3.05. The van der Waals surface area contributed by atoms with E-state index in [0.29, 0.717) is 0 Å². The third-order valence-electron chi connectivity index (χ3n) is 3.49. The van der Waals surface area contributed by atoms with Crippen LogP contribution in [0.5, 0.6) is 0 Å². The van der Waals surface area contributed by atoms with Crippen molar-refractivity contribution in [2.75, 3.05) is 6.54 Å². The van der Waals surface area contributed by atoms with Crippen LogP contribution < -0.4 is 5.73 Å². The smallest absolute Gasteiger partial charge is 0.00425 e. The Hall–Kier alpha value is -0.300. The Labute approximate surface area is 81.4 Å². The summed E-state index contributed by atoms with van der Waals surface area (Å²) in [6.45, 7) is 0.817. The molecule has 1 unspecified atom stereocenters. The zero-order chi connectivity index (χ0) is 9.10. The van der Waals surface area contributed by atoms with E-state index >= 15 is 0 Å². The molecule has 2 aliphatic carbocycles. The molecule has 1 atom stereocenters. The average molecular weight is 179 g/mol. The Morgan fingerprint density at radius 2 is 2.08 bits per heavy atom. The lowest BCUT2D eigenvalue weighted by atomic mass is 9.82. The quantitative estimate of drug-likeness (QED) is 0.662. The molecular weight excluding hydrogens is 158 g/mol. The van der Waals surface area contributed by atoms with E-state index in [1.54, 1.807) is 5.57 Å². The largest absolute Gasteiger partial charge is 0.330 e. The van der Waals surface area contributed by atoms with Gasteiger partial charge in [-0.3, -0.25) is 0 Å². The van der Waals surface area contributed by atoms with Gasteiger partial charge in [0.2, 0.25) is 0 Å². The van der Waals surface area contributed by atoms with Crippen molar-refractivity contribution in [2.24, 2.45) is 17.6 Å². The first kappa shape index (κ1) is 9.26. The van der Waals surface area contributed by atoms with Crippen molar-refractivity contribution in [1.29, 1.82) is 0 Å². The van der Waals surface area contributed by atoms with Gasteiger partial charge in [-0.2, -0.15) is 0 Å². The lowest BCUT2D eigenvalue weighted by molar-refractivity contribution is 0.373. The van der Waals surface area contributed by atoms with Crippen LogP contribution >= 0.6 is 0 Å². The molecule has 13 heavy (non-hydrogen) atoms. The number of allylic oxidation sites excluding steroid dienone is 1. The molecule has 1 heteroatoms. The Bertz CT molecular complexity index is 191. The Morgan fingerprint density at radius 1 is 1.23 bits per heavy atom. The molecule has 0 aromatic carbocycles. The van der Waals surface area contributed by atoms with Crippen LogP contribution in [0.1, 0.15) is 44.9 Å². The van der Waals surface area contributed by atoms with E-state index in [0.717, 1.165) is 24.8 Å². The van der Waals surface area contributed by atoms with E-state index in [-0.39, 0.29) is 0 Å². The van der Waals surface area contributed by atoms with Gasteiger partial charge in [-0.25, -0.2) is 0 Å². The van der Waals surface area contributed by atoms with Gasteiger partial charge in [-0.15, -0.1) is 0 Å². The predicted molar refractivity (Wildman–Crippen MR) is 56.4 cm³/mol. The molecule has 0 aromatic rings. The Morgan fingerprint density at radius 3 is 2.77 bits per heavy atom. The third kappa shape index (κ3) is 2.57. The van der Waals surface area contributed by atoms with Crippen molar-refractivity contribution < 1.29 is 0 Å². The molecule has 2 aliphatic rings. The van der Waals surface area contributed by atoms with Crippen LogP contribution in [0.2, 0.25) is 0 Å². The first-order valence-corrected chi connectivity index (χ1v) is 5.78. The summed E-state index contributed by atoms with van der Waals surface area (Å²) in [5.74, 6) is 2.14. The fourth-order valence-electron chi connectivity index (χ4n) is 2.58. The molecule has 0 radical (unpaired) electrons. The highest BCUT2D eigenvalue weighted by molar-refractivity contribution is 5.07. The van der Waals surface area contributed by atoms with Gasteiger partial charge < -0.3 is 5.73 Å². The van der Waals surface area contributed by atoms with Crippen LogP contribution in [-0.2, 0) is 0 Å². The number of hydrogen-bond donors (Lipinski definition) is 1. The summed E-state index contributed by atoms with van der Waals surface area (Å²) in [6, 6.07) is 0. The van der Waals surface area contributed by atoms with Crippen LogP contribution in [0.3, 0.4) is 0 Å². The van der Waals surface area contributed by atoms with E-state index in [1.807, 2.05) is 0 Å². The first-order valence-electron chi connectivity index (χ1n) is 5.78. The van der Waals surface area contributed by atoms with Crippen LogP contribution in [0.25, 0.3) is 0 Å². The minimum atomic E-state index is 0.817. The molecule has 0 aliphatic heterocycles. The summed E-state index contributed by atoms with van der Waals surface area (Å²) in [6.07, 6.45) is 12.2. The molecule has 74 valence electrons. The molecular formula is C12H21N. The van der Waals surface area contributed by atoms with Gasteiger partial charge in [0.15, 0.2) is 0 Å². The molecule has 0 spiro atoms. The molecule has 0 heterocycles. The lowest BCUT2D eigenvalue weighted by Gasteiger charge is -2.24. The highest BCUT2D eigenvalue weighted by atomic mass is 14.5. The SMILES string of the molecule is NCCC=C1CCCC(C2CC2)C1. The zero-order valence-corrected chi connectivity index (χ0v) is 8.47. The van der Waals surface area contributed by atoms with E-state index < -0.39 is 0 Å². The molecule has 2 rings (SSSR count). The standard InChI is InChI=1S/C12H21N/c13-8-2-4-10-3-1-5-12(9-10)11-6-7-11/h4,11-12H,1-3,5-9,13H2. The summed E-state index contributed by atoms with van der Waals surface area (Å²) < 4.78 is 0. The highest BCUT2D eigenvalue weighted by Gasteiger charge is 2.32. The van der Waals surface area contributed by atoms with Crippen molar-refractivity contribution in [3.8, 4) is 0 Å². The fourth-order valence-corrected chi connectivity index (χ4v) is 2.58. The summed E-state index contributed by atoms with van der Waals surface area (Å²) in [5.41, 5.74) is 7.21. The van der Waals surface area contributed by atoms with Gasteiger partial charge in [-0.05, 0) is 63.3 Å². The average Bonchev–Trinajstić information content (AvgIpc) is 2.98. The van der Waals surface area contributed by atoms with Crippen molar-refractivity contribution in [1.82, 2.24) is 0 Å². The molecule has 0 saturated heterocycles. The first-order chi connectivity index (χ1) is 6.40. The van der Waals surface area contributed by atoms with Gasteiger partial charge in [0, 0.05) is 0 Å². The second kappa shape index (κ2) is 4.28. The van der Waals surface area contributed by atoms with E-state index in [4.69, 9.17) is 5.73 Å². The number of rotatable bonds is 3. The van der Waals surface area contributed by atoms with Gasteiger partial charge in [0.05, 0.1) is 0 Å². The Balaban J connectivity index is 1.83. The maximum Gasteiger partial charge on any atom is -0.00425 e.